The molecule has 180 valence electrons. The molecule has 7 heteroatoms. The van der Waals surface area contributed by atoms with Crippen molar-refractivity contribution in [3.05, 3.63) is 96.1 Å². The van der Waals surface area contributed by atoms with Gasteiger partial charge in [-0.1, -0.05) is 84.1 Å². The zero-order chi connectivity index (χ0) is 24.6. The minimum Gasteiger partial charge on any atom is -0.349 e. The molecule has 3 amide bonds. The van der Waals surface area contributed by atoms with Crippen molar-refractivity contribution in [1.82, 2.24) is 14.8 Å². The maximum Gasteiger partial charge on any atom is 0.323 e. The summed E-state index contributed by atoms with van der Waals surface area (Å²) in [5.41, 5.74) is 3.26. The predicted molar refractivity (Wildman–Crippen MR) is 143 cm³/mol. The number of nitrogens with one attached hydrogen (secondary N) is 1. The molecule has 0 saturated heterocycles. The number of aromatic nitrogens is 1. The van der Waals surface area contributed by atoms with Gasteiger partial charge >= 0.3 is 6.03 Å². The maximum absolute atomic E-state index is 13.3. The SMILES string of the molecule is CN(C)C(=O)CCN(CCC(c1ccccc1)c1ccccc1)C(=O)Nc1nc2ccccc2s1. The van der Waals surface area contributed by atoms with Gasteiger partial charge in [-0.05, 0) is 29.7 Å². The molecule has 1 heterocycles. The topological polar surface area (TPSA) is 65.5 Å². The number of carbonyl (C=O) groups excluding carboxylic acids is 2. The van der Waals surface area contributed by atoms with Crippen LogP contribution in [0.2, 0.25) is 0 Å². The van der Waals surface area contributed by atoms with Crippen molar-refractivity contribution in [2.75, 3.05) is 32.5 Å². The first-order valence-corrected chi connectivity index (χ1v) is 12.5. The van der Waals surface area contributed by atoms with Crippen molar-refractivity contribution in [2.45, 2.75) is 18.8 Å². The molecule has 0 atom stereocenters. The summed E-state index contributed by atoms with van der Waals surface area (Å²) >= 11 is 1.45. The Balaban J connectivity index is 1.52. The molecule has 0 aliphatic heterocycles. The predicted octanol–water partition coefficient (Wildman–Crippen LogP) is 5.83. The third kappa shape index (κ3) is 6.45. The molecule has 6 nitrogen and oxygen atoms in total. The minimum atomic E-state index is -0.240. The fraction of sp³-hybridized carbons (Fsp3) is 0.250. The Morgan fingerprint density at radius 2 is 1.46 bits per heavy atom. The first-order chi connectivity index (χ1) is 17.0. The Morgan fingerprint density at radius 3 is 2.06 bits per heavy atom. The second-order valence-electron chi connectivity index (χ2n) is 8.60. The Labute approximate surface area is 210 Å². The van der Waals surface area contributed by atoms with Crippen molar-refractivity contribution < 1.29 is 9.59 Å². The number of nitrogens with zero attached hydrogens (tertiary/aromatic N) is 3. The van der Waals surface area contributed by atoms with Crippen LogP contribution in [0, 0.1) is 0 Å². The Bertz CT molecular complexity index is 1190. The highest BCUT2D eigenvalue weighted by molar-refractivity contribution is 7.22. The lowest BCUT2D eigenvalue weighted by Crippen LogP contribution is -2.39. The van der Waals surface area contributed by atoms with Crippen molar-refractivity contribution >= 4 is 38.6 Å². The van der Waals surface area contributed by atoms with Crippen molar-refractivity contribution in [3.63, 3.8) is 0 Å². The van der Waals surface area contributed by atoms with Crippen LogP contribution in [0.15, 0.2) is 84.9 Å². The van der Waals surface area contributed by atoms with E-state index >= 15 is 0 Å². The number of rotatable bonds is 9. The minimum absolute atomic E-state index is 0.00884. The normalized spacial score (nSPS) is 10.9. The lowest BCUT2D eigenvalue weighted by molar-refractivity contribution is -0.128. The lowest BCUT2D eigenvalue weighted by Gasteiger charge is -2.26. The largest absolute Gasteiger partial charge is 0.349 e. The fourth-order valence-corrected chi connectivity index (χ4v) is 4.90. The zero-order valence-corrected chi connectivity index (χ0v) is 20.9. The van der Waals surface area contributed by atoms with Crippen LogP contribution in [0.25, 0.3) is 10.2 Å². The van der Waals surface area contributed by atoms with E-state index in [1.54, 1.807) is 23.9 Å². The van der Waals surface area contributed by atoms with Gasteiger partial charge in [-0.3, -0.25) is 10.1 Å². The molecule has 3 aromatic carbocycles. The van der Waals surface area contributed by atoms with Gasteiger partial charge in [0.2, 0.25) is 5.91 Å². The van der Waals surface area contributed by atoms with Gasteiger partial charge in [-0.2, -0.15) is 0 Å². The number of hydrogen-bond donors (Lipinski definition) is 1. The van der Waals surface area contributed by atoms with Crippen molar-refractivity contribution in [3.8, 4) is 0 Å². The molecule has 4 aromatic rings. The molecular weight excluding hydrogens is 456 g/mol. The number of fused-ring (bicyclic) bond motifs is 1. The van der Waals surface area contributed by atoms with E-state index in [0.717, 1.165) is 16.6 Å². The summed E-state index contributed by atoms with van der Waals surface area (Å²) in [6.45, 7) is 0.843. The number of thiazole rings is 1. The van der Waals surface area contributed by atoms with E-state index in [-0.39, 0.29) is 24.3 Å². The zero-order valence-electron chi connectivity index (χ0n) is 20.1. The quantitative estimate of drug-likeness (QED) is 0.324. The van der Waals surface area contributed by atoms with Crippen LogP contribution in [0.3, 0.4) is 0 Å². The van der Waals surface area contributed by atoms with Crippen LogP contribution in [0.1, 0.15) is 29.9 Å². The Hall–Kier alpha value is -3.71. The van der Waals surface area contributed by atoms with E-state index in [1.807, 2.05) is 60.7 Å². The molecule has 35 heavy (non-hydrogen) atoms. The number of amides is 3. The molecule has 1 aromatic heterocycles. The molecule has 0 fully saturated rings. The standard InChI is InChI=1S/C28H30N4O2S/c1-31(2)26(33)18-20-32(28(34)30-27-29-24-15-9-10-16-25(24)35-27)19-17-23(21-11-5-3-6-12-21)22-13-7-4-8-14-22/h3-16,23H,17-20H2,1-2H3,(H,29,30,34). The van der Waals surface area contributed by atoms with E-state index in [9.17, 15) is 9.59 Å². The summed E-state index contributed by atoms with van der Waals surface area (Å²) in [4.78, 5) is 33.4. The van der Waals surface area contributed by atoms with Crippen LogP contribution in [-0.2, 0) is 4.79 Å². The molecule has 0 aliphatic rings. The maximum atomic E-state index is 13.3. The highest BCUT2D eigenvalue weighted by atomic mass is 32.1. The van der Waals surface area contributed by atoms with Crippen LogP contribution in [-0.4, -0.2) is 53.9 Å². The number of anilines is 1. The average Bonchev–Trinajstić information content (AvgIpc) is 3.29. The van der Waals surface area contributed by atoms with Gasteiger partial charge in [0.1, 0.15) is 0 Å². The van der Waals surface area contributed by atoms with Crippen LogP contribution >= 0.6 is 11.3 Å². The van der Waals surface area contributed by atoms with Crippen molar-refractivity contribution in [2.24, 2.45) is 0 Å². The van der Waals surface area contributed by atoms with Gasteiger partial charge < -0.3 is 9.80 Å². The highest BCUT2D eigenvalue weighted by Crippen LogP contribution is 2.29. The summed E-state index contributed by atoms with van der Waals surface area (Å²) in [6, 6.07) is 28.2. The third-order valence-electron chi connectivity index (χ3n) is 5.98. The number of carbonyl (C=O) groups is 2. The molecule has 0 radical (unpaired) electrons. The highest BCUT2D eigenvalue weighted by Gasteiger charge is 2.21. The van der Waals surface area contributed by atoms with E-state index in [4.69, 9.17) is 0 Å². The third-order valence-corrected chi connectivity index (χ3v) is 6.93. The summed E-state index contributed by atoms with van der Waals surface area (Å²) < 4.78 is 1.02. The summed E-state index contributed by atoms with van der Waals surface area (Å²) in [6.07, 6.45) is 0.999. The van der Waals surface area contributed by atoms with E-state index in [1.165, 1.54) is 22.5 Å². The molecule has 4 rings (SSSR count). The fourth-order valence-electron chi connectivity index (χ4n) is 4.05. The first-order valence-electron chi connectivity index (χ1n) is 11.7. The second kappa shape index (κ2) is 11.6. The summed E-state index contributed by atoms with van der Waals surface area (Å²) in [5, 5.41) is 3.52. The Morgan fingerprint density at radius 1 is 0.857 bits per heavy atom. The second-order valence-corrected chi connectivity index (χ2v) is 9.64. The number of hydrogen-bond acceptors (Lipinski definition) is 4. The summed E-state index contributed by atoms with van der Waals surface area (Å²) in [5.74, 6) is 0.130. The number of urea groups is 1. The van der Waals surface area contributed by atoms with E-state index in [2.05, 4.69) is 34.6 Å². The Kier molecular flexibility index (Phi) is 8.11. The lowest BCUT2D eigenvalue weighted by atomic mass is 9.88. The monoisotopic (exact) mass is 486 g/mol. The van der Waals surface area contributed by atoms with Gasteiger partial charge in [0.15, 0.2) is 5.13 Å². The van der Waals surface area contributed by atoms with E-state index in [0.29, 0.717) is 18.2 Å². The molecule has 1 N–H and O–H groups in total. The molecule has 0 spiro atoms. The van der Waals surface area contributed by atoms with E-state index < -0.39 is 0 Å². The van der Waals surface area contributed by atoms with Crippen LogP contribution < -0.4 is 5.32 Å². The molecule has 0 saturated carbocycles. The molecule has 0 aliphatic carbocycles. The van der Waals surface area contributed by atoms with Crippen molar-refractivity contribution in [1.29, 1.82) is 0 Å². The van der Waals surface area contributed by atoms with Gasteiger partial charge in [-0.25, -0.2) is 9.78 Å². The molecule has 0 bridgehead atoms. The van der Waals surface area contributed by atoms with Crippen LogP contribution in [0.4, 0.5) is 9.93 Å². The smallest absolute Gasteiger partial charge is 0.323 e. The van der Waals surface area contributed by atoms with Gasteiger partial charge in [0.05, 0.1) is 10.2 Å². The number of benzene rings is 3. The summed E-state index contributed by atoms with van der Waals surface area (Å²) in [7, 11) is 3.46. The molecule has 0 unspecified atom stereocenters. The van der Waals surface area contributed by atoms with Gasteiger partial charge in [0, 0.05) is 39.5 Å². The van der Waals surface area contributed by atoms with Crippen LogP contribution in [0.5, 0.6) is 0 Å². The average molecular weight is 487 g/mol. The number of para-hydroxylation sites is 1. The first kappa shape index (κ1) is 24.4. The van der Waals surface area contributed by atoms with Gasteiger partial charge in [-0.15, -0.1) is 0 Å². The molecular formula is C28H30N4O2S. The van der Waals surface area contributed by atoms with Gasteiger partial charge in [0.25, 0.3) is 0 Å².